The third-order valence-corrected chi connectivity index (χ3v) is 3.86. The molecule has 1 aromatic carbocycles. The van der Waals surface area contributed by atoms with Crippen molar-refractivity contribution in [2.24, 2.45) is 0 Å². The molecule has 84 valence electrons. The molecule has 3 nitrogen and oxygen atoms in total. The van der Waals surface area contributed by atoms with Crippen molar-refractivity contribution in [2.75, 3.05) is 19.6 Å². The molecule has 0 bridgehead atoms. The van der Waals surface area contributed by atoms with Crippen LogP contribution >= 0.6 is 15.9 Å². The number of carbonyl (C=O) groups is 1. The molecule has 4 heteroatoms. The van der Waals surface area contributed by atoms with Gasteiger partial charge in [0, 0.05) is 35.7 Å². The molecule has 16 heavy (non-hydrogen) atoms. The lowest BCUT2D eigenvalue weighted by Gasteiger charge is -2.40. The highest BCUT2D eigenvalue weighted by atomic mass is 79.9. The maximum absolute atomic E-state index is 12.3. The van der Waals surface area contributed by atoms with Crippen molar-refractivity contribution in [3.8, 4) is 0 Å². The van der Waals surface area contributed by atoms with Crippen molar-refractivity contribution >= 4 is 21.8 Å². The molecule has 1 N–H and O–H groups in total. The van der Waals surface area contributed by atoms with Gasteiger partial charge in [-0.15, -0.1) is 0 Å². The second-order valence-corrected chi connectivity index (χ2v) is 5.28. The molecule has 0 saturated carbocycles. The van der Waals surface area contributed by atoms with Crippen molar-refractivity contribution in [2.45, 2.75) is 12.5 Å². The molecule has 0 aromatic heterocycles. The van der Waals surface area contributed by atoms with Crippen molar-refractivity contribution in [1.29, 1.82) is 0 Å². The van der Waals surface area contributed by atoms with E-state index in [4.69, 9.17) is 0 Å². The molecular formula is C12H13BrN2O. The lowest BCUT2D eigenvalue weighted by molar-refractivity contribution is 0.0606. The van der Waals surface area contributed by atoms with Gasteiger partial charge in [0.2, 0.25) is 0 Å². The fourth-order valence-electron chi connectivity index (χ4n) is 2.55. The van der Waals surface area contributed by atoms with Gasteiger partial charge in [-0.3, -0.25) is 4.79 Å². The average Bonchev–Trinajstić information content (AvgIpc) is 2.31. The summed E-state index contributed by atoms with van der Waals surface area (Å²) in [5.74, 6) is 0.189. The first-order valence-corrected chi connectivity index (χ1v) is 6.35. The van der Waals surface area contributed by atoms with Gasteiger partial charge < -0.3 is 10.2 Å². The first-order chi connectivity index (χ1) is 7.75. The number of nitrogens with one attached hydrogen (secondary N) is 1. The molecule has 0 aliphatic carbocycles. The Morgan fingerprint density at radius 1 is 1.44 bits per heavy atom. The summed E-state index contributed by atoms with van der Waals surface area (Å²) in [6.45, 7) is 2.66. The van der Waals surface area contributed by atoms with Crippen LogP contribution in [-0.4, -0.2) is 36.5 Å². The van der Waals surface area contributed by atoms with Crippen molar-refractivity contribution < 1.29 is 4.79 Å². The standard InChI is InChI=1S/C12H13BrN2O/c13-9-2-1-8-5-10-7-14-3-4-15(10)12(16)11(8)6-9/h1-2,6,10,14H,3-5,7H2. The van der Waals surface area contributed by atoms with E-state index in [-0.39, 0.29) is 5.91 Å². The minimum Gasteiger partial charge on any atom is -0.333 e. The number of hydrogen-bond donors (Lipinski definition) is 1. The third-order valence-electron chi connectivity index (χ3n) is 3.37. The molecule has 1 fully saturated rings. The molecule has 3 rings (SSSR count). The predicted octanol–water partition coefficient (Wildman–Crippen LogP) is 1.42. The van der Waals surface area contributed by atoms with E-state index in [2.05, 4.69) is 27.3 Å². The summed E-state index contributed by atoms with van der Waals surface area (Å²) >= 11 is 3.42. The van der Waals surface area contributed by atoms with Gasteiger partial charge in [0.1, 0.15) is 0 Å². The highest BCUT2D eigenvalue weighted by Gasteiger charge is 2.33. The van der Waals surface area contributed by atoms with Crippen LogP contribution in [0.4, 0.5) is 0 Å². The Bertz CT molecular complexity index is 447. The highest BCUT2D eigenvalue weighted by molar-refractivity contribution is 9.10. The lowest BCUT2D eigenvalue weighted by atomic mass is 9.92. The first kappa shape index (κ1) is 10.3. The van der Waals surface area contributed by atoms with Crippen LogP contribution in [0.5, 0.6) is 0 Å². The number of carbonyl (C=O) groups excluding carboxylic acids is 1. The number of halogens is 1. The number of nitrogens with zero attached hydrogens (tertiary/aromatic N) is 1. The zero-order valence-electron chi connectivity index (χ0n) is 8.87. The van der Waals surface area contributed by atoms with E-state index < -0.39 is 0 Å². The number of fused-ring (bicyclic) bond motifs is 2. The lowest BCUT2D eigenvalue weighted by Crippen LogP contribution is -2.56. The van der Waals surface area contributed by atoms with Gasteiger partial charge in [0.25, 0.3) is 5.91 Å². The second-order valence-electron chi connectivity index (χ2n) is 4.36. The molecule has 1 unspecified atom stereocenters. The van der Waals surface area contributed by atoms with Crippen molar-refractivity contribution in [1.82, 2.24) is 10.2 Å². The average molecular weight is 281 g/mol. The van der Waals surface area contributed by atoms with E-state index in [0.29, 0.717) is 6.04 Å². The minimum absolute atomic E-state index is 0.189. The Kier molecular flexibility index (Phi) is 2.48. The zero-order valence-corrected chi connectivity index (χ0v) is 10.5. The predicted molar refractivity (Wildman–Crippen MR) is 65.5 cm³/mol. The number of hydrogen-bond acceptors (Lipinski definition) is 2. The molecule has 1 aromatic rings. The Hall–Kier alpha value is -0.870. The van der Waals surface area contributed by atoms with E-state index in [1.54, 1.807) is 0 Å². The van der Waals surface area contributed by atoms with Gasteiger partial charge in [-0.1, -0.05) is 22.0 Å². The third kappa shape index (κ3) is 1.57. The molecule has 0 spiro atoms. The monoisotopic (exact) mass is 280 g/mol. The van der Waals surface area contributed by atoms with E-state index in [9.17, 15) is 4.79 Å². The number of benzene rings is 1. The molecule has 1 saturated heterocycles. The maximum atomic E-state index is 12.3. The molecule has 1 atom stereocenters. The molecule has 1 amide bonds. The Balaban J connectivity index is 2.03. The number of piperazine rings is 1. The quantitative estimate of drug-likeness (QED) is 0.780. The van der Waals surface area contributed by atoms with Crippen LogP contribution in [0.25, 0.3) is 0 Å². The van der Waals surface area contributed by atoms with Crippen LogP contribution in [0.2, 0.25) is 0 Å². The normalized spacial score (nSPS) is 23.9. The Labute approximate surface area is 103 Å². The van der Waals surface area contributed by atoms with Crippen LogP contribution in [-0.2, 0) is 6.42 Å². The summed E-state index contributed by atoms with van der Waals surface area (Å²) in [5.41, 5.74) is 2.05. The van der Waals surface area contributed by atoms with E-state index in [0.717, 1.165) is 36.1 Å². The molecule has 2 aliphatic rings. The Morgan fingerprint density at radius 3 is 3.19 bits per heavy atom. The largest absolute Gasteiger partial charge is 0.333 e. The van der Waals surface area contributed by atoms with Crippen molar-refractivity contribution in [3.05, 3.63) is 33.8 Å². The van der Waals surface area contributed by atoms with E-state index in [1.165, 1.54) is 5.56 Å². The minimum atomic E-state index is 0.189. The Morgan fingerprint density at radius 2 is 2.31 bits per heavy atom. The van der Waals surface area contributed by atoms with Crippen molar-refractivity contribution in [3.63, 3.8) is 0 Å². The summed E-state index contributed by atoms with van der Waals surface area (Å²) in [6.07, 6.45) is 0.974. The van der Waals surface area contributed by atoms with Gasteiger partial charge >= 0.3 is 0 Å². The summed E-state index contributed by atoms with van der Waals surface area (Å²) in [6, 6.07) is 6.35. The fourth-order valence-corrected chi connectivity index (χ4v) is 2.91. The zero-order chi connectivity index (χ0) is 11.1. The summed E-state index contributed by atoms with van der Waals surface area (Å²) < 4.78 is 0.980. The van der Waals surface area contributed by atoms with E-state index >= 15 is 0 Å². The summed E-state index contributed by atoms with van der Waals surface area (Å²) in [5, 5.41) is 3.34. The number of amides is 1. The topological polar surface area (TPSA) is 32.3 Å². The van der Waals surface area contributed by atoms with E-state index in [1.807, 2.05) is 17.0 Å². The van der Waals surface area contributed by atoms with Crippen LogP contribution in [0, 0.1) is 0 Å². The number of rotatable bonds is 0. The molecule has 0 radical (unpaired) electrons. The van der Waals surface area contributed by atoms with Gasteiger partial charge in [-0.25, -0.2) is 0 Å². The SMILES string of the molecule is O=C1c2cc(Br)ccc2CC2CNCCN12. The molecular weight excluding hydrogens is 268 g/mol. The van der Waals surface area contributed by atoms with Gasteiger partial charge in [0.15, 0.2) is 0 Å². The van der Waals surface area contributed by atoms with Crippen LogP contribution in [0.15, 0.2) is 22.7 Å². The second kappa shape index (κ2) is 3.86. The summed E-state index contributed by atoms with van der Waals surface area (Å²) in [7, 11) is 0. The highest BCUT2D eigenvalue weighted by Crippen LogP contribution is 2.26. The smallest absolute Gasteiger partial charge is 0.254 e. The van der Waals surface area contributed by atoms with Crippen LogP contribution in [0.3, 0.4) is 0 Å². The summed E-state index contributed by atoms with van der Waals surface area (Å²) in [4.78, 5) is 14.3. The maximum Gasteiger partial charge on any atom is 0.254 e. The first-order valence-electron chi connectivity index (χ1n) is 5.56. The van der Waals surface area contributed by atoms with Crippen LogP contribution in [0.1, 0.15) is 15.9 Å². The molecule has 2 heterocycles. The van der Waals surface area contributed by atoms with Gasteiger partial charge in [-0.05, 0) is 24.1 Å². The van der Waals surface area contributed by atoms with Gasteiger partial charge in [-0.2, -0.15) is 0 Å². The van der Waals surface area contributed by atoms with Crippen LogP contribution < -0.4 is 5.32 Å². The molecule has 2 aliphatic heterocycles. The fraction of sp³-hybridized carbons (Fsp3) is 0.417. The van der Waals surface area contributed by atoms with Gasteiger partial charge in [0.05, 0.1) is 0 Å².